The summed E-state index contributed by atoms with van der Waals surface area (Å²) in [6, 6.07) is 3.90. The summed E-state index contributed by atoms with van der Waals surface area (Å²) >= 11 is 0. The first-order chi connectivity index (χ1) is 10.3. The van der Waals surface area contributed by atoms with Crippen LogP contribution in [0, 0.1) is 10.1 Å². The maximum absolute atomic E-state index is 11.4. The second-order valence-corrected chi connectivity index (χ2v) is 7.29. The Morgan fingerprint density at radius 3 is 2.41 bits per heavy atom. The number of anilines is 1. The second kappa shape index (κ2) is 6.95. The number of nitrogens with one attached hydrogen (secondary N) is 1. The van der Waals surface area contributed by atoms with E-state index in [1.165, 1.54) is 18.2 Å². The van der Waals surface area contributed by atoms with E-state index < -0.39 is 14.9 Å². The van der Waals surface area contributed by atoms with E-state index in [9.17, 15) is 18.5 Å². The highest BCUT2D eigenvalue weighted by atomic mass is 32.2. The highest BCUT2D eigenvalue weighted by Gasteiger charge is 2.19. The number of nitro groups is 1. The molecular formula is C14H20N2O5S. The van der Waals surface area contributed by atoms with Crippen molar-refractivity contribution in [2.75, 3.05) is 11.0 Å². The molecule has 0 amide bonds. The summed E-state index contributed by atoms with van der Waals surface area (Å²) in [6.45, 7) is 0. The van der Waals surface area contributed by atoms with E-state index in [-0.39, 0.29) is 23.2 Å². The van der Waals surface area contributed by atoms with Gasteiger partial charge in [-0.15, -0.1) is 0 Å². The van der Waals surface area contributed by atoms with Gasteiger partial charge in [-0.25, -0.2) is 8.42 Å². The van der Waals surface area contributed by atoms with Crippen molar-refractivity contribution < 1.29 is 18.1 Å². The number of nitro benzene ring substituents is 1. The molecule has 1 aromatic carbocycles. The lowest BCUT2D eigenvalue weighted by Gasteiger charge is -2.19. The first-order valence-corrected chi connectivity index (χ1v) is 9.17. The molecule has 1 saturated carbocycles. The number of rotatable bonds is 5. The number of hydrogen-bond donors (Lipinski definition) is 1. The number of benzene rings is 1. The Bertz CT molecular complexity index is 637. The first kappa shape index (κ1) is 16.5. The normalized spacial score (nSPS) is 16.8. The molecule has 2 rings (SSSR count). The third-order valence-corrected chi connectivity index (χ3v) is 4.16. The fourth-order valence-electron chi connectivity index (χ4n) is 2.55. The van der Waals surface area contributed by atoms with E-state index in [0.29, 0.717) is 0 Å². The van der Waals surface area contributed by atoms with E-state index in [2.05, 4.69) is 4.72 Å². The highest BCUT2D eigenvalue weighted by Crippen LogP contribution is 2.33. The van der Waals surface area contributed by atoms with E-state index in [1.54, 1.807) is 0 Å². The summed E-state index contributed by atoms with van der Waals surface area (Å²) in [4.78, 5) is 10.4. The maximum Gasteiger partial charge on any atom is 0.273 e. The average Bonchev–Trinajstić information content (AvgIpc) is 2.67. The Balaban J connectivity index is 2.27. The van der Waals surface area contributed by atoms with Gasteiger partial charge in [0.2, 0.25) is 10.0 Å². The van der Waals surface area contributed by atoms with Gasteiger partial charge in [-0.05, 0) is 31.7 Å². The number of ether oxygens (including phenoxy) is 1. The van der Waals surface area contributed by atoms with Gasteiger partial charge >= 0.3 is 0 Å². The molecule has 1 aliphatic rings. The van der Waals surface area contributed by atoms with Crippen LogP contribution in [0.4, 0.5) is 11.4 Å². The van der Waals surface area contributed by atoms with Crippen LogP contribution in [0.1, 0.15) is 38.5 Å². The topological polar surface area (TPSA) is 98.5 Å². The number of nitrogens with zero attached hydrogens (tertiary/aromatic N) is 1. The average molecular weight is 328 g/mol. The fraction of sp³-hybridized carbons (Fsp3) is 0.571. The summed E-state index contributed by atoms with van der Waals surface area (Å²) in [6.07, 6.45) is 7.16. The van der Waals surface area contributed by atoms with Crippen LogP contribution >= 0.6 is 0 Å². The van der Waals surface area contributed by atoms with E-state index in [0.717, 1.165) is 44.8 Å². The Morgan fingerprint density at radius 2 is 1.86 bits per heavy atom. The number of non-ortho nitro benzene ring substituents is 1. The molecule has 1 fully saturated rings. The Hall–Kier alpha value is -1.83. The summed E-state index contributed by atoms with van der Waals surface area (Å²) in [5, 5.41) is 10.9. The van der Waals surface area contributed by atoms with Crippen molar-refractivity contribution in [3.05, 3.63) is 28.3 Å². The lowest BCUT2D eigenvalue weighted by Crippen LogP contribution is -2.17. The molecule has 0 bridgehead atoms. The van der Waals surface area contributed by atoms with E-state index in [1.807, 2.05) is 0 Å². The minimum atomic E-state index is -3.48. The van der Waals surface area contributed by atoms with Gasteiger partial charge in [0.25, 0.3) is 5.69 Å². The van der Waals surface area contributed by atoms with Crippen molar-refractivity contribution in [3.63, 3.8) is 0 Å². The molecule has 1 aliphatic carbocycles. The summed E-state index contributed by atoms with van der Waals surface area (Å²) in [7, 11) is -3.48. The molecule has 0 heterocycles. The van der Waals surface area contributed by atoms with Crippen LogP contribution in [0.3, 0.4) is 0 Å². The molecule has 0 unspecified atom stereocenters. The zero-order chi connectivity index (χ0) is 16.2. The number of sulfonamides is 1. The Morgan fingerprint density at radius 1 is 1.23 bits per heavy atom. The van der Waals surface area contributed by atoms with Crippen LogP contribution < -0.4 is 9.46 Å². The largest absolute Gasteiger partial charge is 0.488 e. The summed E-state index contributed by atoms with van der Waals surface area (Å²) in [5.74, 6) is 0.214. The quantitative estimate of drug-likeness (QED) is 0.509. The lowest BCUT2D eigenvalue weighted by atomic mass is 10.1. The second-order valence-electron chi connectivity index (χ2n) is 5.54. The predicted octanol–water partition coefficient (Wildman–Crippen LogP) is 3.07. The Labute approximate surface area is 129 Å². The van der Waals surface area contributed by atoms with E-state index >= 15 is 0 Å². The fourth-order valence-corrected chi connectivity index (χ4v) is 3.11. The zero-order valence-corrected chi connectivity index (χ0v) is 13.3. The molecule has 22 heavy (non-hydrogen) atoms. The van der Waals surface area contributed by atoms with Crippen LogP contribution in [0.15, 0.2) is 18.2 Å². The SMILES string of the molecule is CS(=O)(=O)Nc1ccc([N+](=O)[O-])cc1OC1CCCCCC1. The van der Waals surface area contributed by atoms with Gasteiger partial charge in [-0.1, -0.05) is 12.8 Å². The molecule has 122 valence electrons. The van der Waals surface area contributed by atoms with Crippen molar-refractivity contribution in [2.24, 2.45) is 0 Å². The van der Waals surface area contributed by atoms with Crippen molar-refractivity contribution in [1.82, 2.24) is 0 Å². The van der Waals surface area contributed by atoms with Crippen LogP contribution in [0.2, 0.25) is 0 Å². The number of hydrogen-bond acceptors (Lipinski definition) is 5. The highest BCUT2D eigenvalue weighted by molar-refractivity contribution is 7.92. The Kier molecular flexibility index (Phi) is 5.23. The molecule has 1 N–H and O–H groups in total. The van der Waals surface area contributed by atoms with Crippen molar-refractivity contribution >= 4 is 21.4 Å². The van der Waals surface area contributed by atoms with Gasteiger partial charge < -0.3 is 4.74 Å². The van der Waals surface area contributed by atoms with Crippen LogP contribution in [0.5, 0.6) is 5.75 Å². The molecule has 0 saturated heterocycles. The third-order valence-electron chi connectivity index (χ3n) is 3.57. The van der Waals surface area contributed by atoms with Gasteiger partial charge in [0, 0.05) is 6.07 Å². The van der Waals surface area contributed by atoms with Gasteiger partial charge in [0.15, 0.2) is 5.75 Å². The molecule has 0 atom stereocenters. The minimum absolute atomic E-state index is 0.0374. The summed E-state index contributed by atoms with van der Waals surface area (Å²) in [5.41, 5.74) is 0.111. The first-order valence-electron chi connectivity index (χ1n) is 7.28. The van der Waals surface area contributed by atoms with Crippen LogP contribution in [-0.4, -0.2) is 25.7 Å². The minimum Gasteiger partial charge on any atom is -0.488 e. The lowest BCUT2D eigenvalue weighted by molar-refractivity contribution is -0.384. The van der Waals surface area contributed by atoms with Crippen LogP contribution in [-0.2, 0) is 10.0 Å². The molecule has 1 aromatic rings. The van der Waals surface area contributed by atoms with Crippen molar-refractivity contribution in [2.45, 2.75) is 44.6 Å². The molecule has 8 heteroatoms. The monoisotopic (exact) mass is 328 g/mol. The van der Waals surface area contributed by atoms with Crippen LogP contribution in [0.25, 0.3) is 0 Å². The van der Waals surface area contributed by atoms with E-state index in [4.69, 9.17) is 4.74 Å². The molecule has 0 aromatic heterocycles. The smallest absolute Gasteiger partial charge is 0.273 e. The maximum atomic E-state index is 11.4. The molecule has 7 nitrogen and oxygen atoms in total. The molecule has 0 spiro atoms. The van der Waals surface area contributed by atoms with Crippen molar-refractivity contribution in [1.29, 1.82) is 0 Å². The standard InChI is InChI=1S/C14H20N2O5S/c1-22(19,20)15-13-9-8-11(16(17)18)10-14(13)21-12-6-4-2-3-5-7-12/h8-10,12,15H,2-7H2,1H3. The van der Waals surface area contributed by atoms with Gasteiger partial charge in [-0.3, -0.25) is 14.8 Å². The van der Waals surface area contributed by atoms with Gasteiger partial charge in [0.05, 0.1) is 29.0 Å². The molecular weight excluding hydrogens is 308 g/mol. The van der Waals surface area contributed by atoms with Gasteiger partial charge in [-0.2, -0.15) is 0 Å². The predicted molar refractivity (Wildman–Crippen MR) is 83.7 cm³/mol. The molecule has 0 radical (unpaired) electrons. The third kappa shape index (κ3) is 4.87. The molecule has 0 aliphatic heterocycles. The summed E-state index contributed by atoms with van der Waals surface area (Å²) < 4.78 is 31.1. The zero-order valence-electron chi connectivity index (χ0n) is 12.4. The van der Waals surface area contributed by atoms with Gasteiger partial charge in [0.1, 0.15) is 0 Å². The van der Waals surface area contributed by atoms with Crippen molar-refractivity contribution in [3.8, 4) is 5.75 Å².